The van der Waals surface area contributed by atoms with E-state index in [1.165, 1.54) is 11.1 Å². The molecule has 0 radical (unpaired) electrons. The van der Waals surface area contributed by atoms with E-state index in [1.54, 1.807) is 0 Å². The molecule has 15 heavy (non-hydrogen) atoms. The van der Waals surface area contributed by atoms with Gasteiger partial charge in [0.2, 0.25) is 0 Å². The normalized spacial score (nSPS) is 32.1. The average Bonchev–Trinajstić information content (AvgIpc) is 2.67. The summed E-state index contributed by atoms with van der Waals surface area (Å²) in [5, 5.41) is 0. The molecule has 1 aromatic rings. The largest absolute Gasteiger partial charge is 0.303 e. The van der Waals surface area contributed by atoms with Crippen LogP contribution < -0.4 is 0 Å². The summed E-state index contributed by atoms with van der Waals surface area (Å²) in [5.41, 5.74) is 2.85. The van der Waals surface area contributed by atoms with Gasteiger partial charge in [0.05, 0.1) is 0 Å². The lowest BCUT2D eigenvalue weighted by Crippen LogP contribution is -2.20. The third kappa shape index (κ3) is 1.26. The van der Waals surface area contributed by atoms with Gasteiger partial charge in [-0.1, -0.05) is 36.4 Å². The zero-order valence-corrected chi connectivity index (χ0v) is 8.60. The van der Waals surface area contributed by atoms with E-state index < -0.39 is 0 Å². The molecule has 0 heterocycles. The van der Waals surface area contributed by atoms with Crippen molar-refractivity contribution in [3.63, 3.8) is 0 Å². The van der Waals surface area contributed by atoms with Gasteiger partial charge in [-0.2, -0.15) is 0 Å². The van der Waals surface area contributed by atoms with Crippen molar-refractivity contribution in [1.29, 1.82) is 0 Å². The second-order valence-electron chi connectivity index (χ2n) is 4.57. The van der Waals surface area contributed by atoms with E-state index in [0.29, 0.717) is 11.8 Å². The number of carbonyl (C=O) groups excluding carboxylic acids is 1. The van der Waals surface area contributed by atoms with Crippen molar-refractivity contribution in [2.24, 2.45) is 11.8 Å². The Morgan fingerprint density at radius 1 is 1.27 bits per heavy atom. The highest BCUT2D eigenvalue weighted by molar-refractivity contribution is 5.61. The predicted molar refractivity (Wildman–Crippen MR) is 59.7 cm³/mol. The molecule has 0 saturated carbocycles. The summed E-state index contributed by atoms with van der Waals surface area (Å²) in [5.74, 6) is 1.21. The third-order valence-electron chi connectivity index (χ3n) is 3.77. The van der Waals surface area contributed by atoms with E-state index >= 15 is 0 Å². The van der Waals surface area contributed by atoms with Crippen LogP contribution in [0, 0.1) is 11.8 Å². The maximum absolute atomic E-state index is 11.1. The zero-order chi connectivity index (χ0) is 10.3. The van der Waals surface area contributed by atoms with Crippen LogP contribution in [0.5, 0.6) is 0 Å². The Morgan fingerprint density at radius 2 is 2.13 bits per heavy atom. The van der Waals surface area contributed by atoms with Crippen LogP contribution in [0.1, 0.15) is 23.5 Å². The van der Waals surface area contributed by atoms with Crippen molar-refractivity contribution >= 4 is 6.29 Å². The van der Waals surface area contributed by atoms with E-state index in [0.717, 1.165) is 19.1 Å². The Labute approximate surface area is 89.8 Å². The average molecular weight is 198 g/mol. The number of allylic oxidation sites excluding steroid dienone is 2. The third-order valence-corrected chi connectivity index (χ3v) is 3.77. The van der Waals surface area contributed by atoms with Gasteiger partial charge in [0.15, 0.2) is 0 Å². The first-order valence-corrected chi connectivity index (χ1v) is 5.60. The zero-order valence-electron chi connectivity index (χ0n) is 8.60. The van der Waals surface area contributed by atoms with Crippen molar-refractivity contribution in [1.82, 2.24) is 0 Å². The van der Waals surface area contributed by atoms with Crippen molar-refractivity contribution in [3.8, 4) is 0 Å². The molecular weight excluding hydrogens is 184 g/mol. The number of rotatable bonds is 1. The molecule has 1 aromatic carbocycles. The minimum atomic E-state index is 0.104. The van der Waals surface area contributed by atoms with E-state index in [1.807, 2.05) is 0 Å². The molecule has 2 aliphatic rings. The molecule has 0 saturated heterocycles. The van der Waals surface area contributed by atoms with Crippen LogP contribution in [0.3, 0.4) is 0 Å². The van der Waals surface area contributed by atoms with Gasteiger partial charge >= 0.3 is 0 Å². The summed E-state index contributed by atoms with van der Waals surface area (Å²) in [4.78, 5) is 11.1. The first kappa shape index (κ1) is 8.90. The first-order valence-electron chi connectivity index (χ1n) is 5.60. The number of aldehydes is 1. The van der Waals surface area contributed by atoms with Gasteiger partial charge in [-0.15, -0.1) is 0 Å². The van der Waals surface area contributed by atoms with Crippen LogP contribution in [-0.4, -0.2) is 6.29 Å². The van der Waals surface area contributed by atoms with Crippen LogP contribution in [0.2, 0.25) is 0 Å². The highest BCUT2D eigenvalue weighted by atomic mass is 16.1. The van der Waals surface area contributed by atoms with Crippen LogP contribution in [0.4, 0.5) is 0 Å². The molecule has 3 unspecified atom stereocenters. The molecule has 0 fully saturated rings. The van der Waals surface area contributed by atoms with Crippen molar-refractivity contribution < 1.29 is 4.79 Å². The smallest absolute Gasteiger partial charge is 0.127 e. The molecule has 0 N–H and O–H groups in total. The summed E-state index contributed by atoms with van der Waals surface area (Å²) in [6, 6.07) is 8.58. The van der Waals surface area contributed by atoms with E-state index in [-0.39, 0.29) is 5.92 Å². The number of benzene rings is 1. The van der Waals surface area contributed by atoms with Crippen LogP contribution in [0.25, 0.3) is 0 Å². The molecule has 3 rings (SSSR count). The molecule has 2 aliphatic carbocycles. The Bertz CT molecular complexity index is 419. The highest BCUT2D eigenvalue weighted by Gasteiger charge is 2.37. The van der Waals surface area contributed by atoms with Gasteiger partial charge in [0, 0.05) is 11.8 Å². The summed E-state index contributed by atoms with van der Waals surface area (Å²) >= 11 is 0. The fourth-order valence-electron chi connectivity index (χ4n) is 3.12. The SMILES string of the molecule is O=CC1C=CCC2Cc3ccccc3C12. The molecule has 0 spiro atoms. The second kappa shape index (κ2) is 3.34. The summed E-state index contributed by atoms with van der Waals surface area (Å²) in [7, 11) is 0. The van der Waals surface area contributed by atoms with Gasteiger partial charge in [-0.05, 0) is 29.9 Å². The lowest BCUT2D eigenvalue weighted by molar-refractivity contribution is -0.110. The maximum atomic E-state index is 11.1. The van der Waals surface area contributed by atoms with Gasteiger partial charge in [0.25, 0.3) is 0 Å². The van der Waals surface area contributed by atoms with Crippen molar-refractivity contribution in [2.75, 3.05) is 0 Å². The predicted octanol–water partition coefficient (Wildman–Crippen LogP) is 2.72. The Kier molecular flexibility index (Phi) is 1.98. The molecular formula is C14H14O. The molecule has 1 nitrogen and oxygen atoms in total. The number of carbonyl (C=O) groups is 1. The lowest BCUT2D eigenvalue weighted by atomic mass is 9.77. The van der Waals surface area contributed by atoms with Crippen LogP contribution in [0.15, 0.2) is 36.4 Å². The standard InChI is InChI=1S/C14H14O/c15-9-12-6-3-5-11-8-10-4-1-2-7-13(10)14(11)12/h1-4,6-7,9,11-12,14H,5,8H2. The molecule has 3 atom stereocenters. The Morgan fingerprint density at radius 3 is 3.00 bits per heavy atom. The summed E-state index contributed by atoms with van der Waals surface area (Å²) in [6.45, 7) is 0. The number of hydrogen-bond donors (Lipinski definition) is 0. The molecule has 0 bridgehead atoms. The number of hydrogen-bond acceptors (Lipinski definition) is 1. The minimum Gasteiger partial charge on any atom is -0.303 e. The van der Waals surface area contributed by atoms with E-state index in [4.69, 9.17) is 0 Å². The Hall–Kier alpha value is -1.37. The molecule has 1 heteroatoms. The fourth-order valence-corrected chi connectivity index (χ4v) is 3.12. The minimum absolute atomic E-state index is 0.104. The first-order chi connectivity index (χ1) is 7.40. The van der Waals surface area contributed by atoms with Crippen LogP contribution >= 0.6 is 0 Å². The monoisotopic (exact) mass is 198 g/mol. The van der Waals surface area contributed by atoms with Crippen molar-refractivity contribution in [2.45, 2.75) is 18.8 Å². The highest BCUT2D eigenvalue weighted by Crippen LogP contribution is 2.46. The van der Waals surface area contributed by atoms with E-state index in [2.05, 4.69) is 36.4 Å². The van der Waals surface area contributed by atoms with Gasteiger partial charge < -0.3 is 4.79 Å². The topological polar surface area (TPSA) is 17.1 Å². The summed E-state index contributed by atoms with van der Waals surface area (Å²) in [6.07, 6.45) is 7.64. The lowest BCUT2D eigenvalue weighted by Gasteiger charge is -2.26. The van der Waals surface area contributed by atoms with Gasteiger partial charge in [0.1, 0.15) is 6.29 Å². The number of fused-ring (bicyclic) bond motifs is 3. The van der Waals surface area contributed by atoms with Crippen LogP contribution in [-0.2, 0) is 11.2 Å². The quantitative estimate of drug-likeness (QED) is 0.501. The molecule has 0 amide bonds. The van der Waals surface area contributed by atoms with Gasteiger partial charge in [-0.3, -0.25) is 0 Å². The summed E-state index contributed by atoms with van der Waals surface area (Å²) < 4.78 is 0. The molecule has 76 valence electrons. The van der Waals surface area contributed by atoms with Gasteiger partial charge in [-0.25, -0.2) is 0 Å². The second-order valence-corrected chi connectivity index (χ2v) is 4.57. The molecule has 0 aliphatic heterocycles. The van der Waals surface area contributed by atoms with Crippen molar-refractivity contribution in [3.05, 3.63) is 47.5 Å². The Balaban J connectivity index is 2.07. The fraction of sp³-hybridized carbons (Fsp3) is 0.357. The maximum Gasteiger partial charge on any atom is 0.127 e. The molecule has 0 aromatic heterocycles. The van der Waals surface area contributed by atoms with E-state index in [9.17, 15) is 4.79 Å².